The SMILES string of the molecule is CCCCCCC1CCCC(CC(=O)O)C1. The molecule has 0 heterocycles. The number of carbonyl (C=O) groups is 1. The number of rotatable bonds is 7. The van der Waals surface area contributed by atoms with Crippen LogP contribution in [0.4, 0.5) is 0 Å². The maximum absolute atomic E-state index is 10.7. The van der Waals surface area contributed by atoms with Crippen LogP contribution >= 0.6 is 0 Å². The highest BCUT2D eigenvalue weighted by molar-refractivity contribution is 5.67. The van der Waals surface area contributed by atoms with Gasteiger partial charge in [-0.3, -0.25) is 4.79 Å². The van der Waals surface area contributed by atoms with Crippen molar-refractivity contribution in [1.29, 1.82) is 0 Å². The van der Waals surface area contributed by atoms with Gasteiger partial charge < -0.3 is 5.11 Å². The third-order valence-electron chi connectivity index (χ3n) is 3.82. The first kappa shape index (κ1) is 13.5. The monoisotopic (exact) mass is 226 g/mol. The standard InChI is InChI=1S/C14H26O2/c1-2-3-4-5-7-12-8-6-9-13(10-12)11-14(15)16/h12-13H,2-11H2,1H3,(H,15,16). The predicted octanol–water partition coefficient (Wildman–Crippen LogP) is 4.24. The maximum Gasteiger partial charge on any atom is 0.303 e. The maximum atomic E-state index is 10.7. The van der Waals surface area contributed by atoms with E-state index in [9.17, 15) is 4.79 Å². The minimum absolute atomic E-state index is 0.394. The van der Waals surface area contributed by atoms with Crippen molar-refractivity contribution in [2.24, 2.45) is 11.8 Å². The Morgan fingerprint density at radius 3 is 2.62 bits per heavy atom. The van der Waals surface area contributed by atoms with E-state index < -0.39 is 5.97 Å². The molecule has 1 saturated carbocycles. The Balaban J connectivity index is 2.14. The van der Waals surface area contributed by atoms with Crippen molar-refractivity contribution < 1.29 is 9.90 Å². The van der Waals surface area contributed by atoms with E-state index in [1.54, 1.807) is 0 Å². The fourth-order valence-corrected chi connectivity index (χ4v) is 2.96. The van der Waals surface area contributed by atoms with Gasteiger partial charge in [-0.15, -0.1) is 0 Å². The van der Waals surface area contributed by atoms with Crippen molar-refractivity contribution in [2.45, 2.75) is 71.1 Å². The van der Waals surface area contributed by atoms with Crippen LogP contribution in [0.2, 0.25) is 0 Å². The van der Waals surface area contributed by atoms with Crippen LogP contribution in [-0.2, 0) is 4.79 Å². The van der Waals surface area contributed by atoms with Crippen LogP contribution in [0.15, 0.2) is 0 Å². The third-order valence-corrected chi connectivity index (χ3v) is 3.82. The number of aliphatic carboxylic acids is 1. The van der Waals surface area contributed by atoms with E-state index in [2.05, 4.69) is 6.92 Å². The molecule has 2 unspecified atom stereocenters. The molecule has 0 aromatic carbocycles. The first-order valence-corrected chi connectivity index (χ1v) is 6.94. The molecule has 2 heteroatoms. The second kappa shape index (κ2) is 7.70. The van der Waals surface area contributed by atoms with Gasteiger partial charge in [0.05, 0.1) is 0 Å². The van der Waals surface area contributed by atoms with Gasteiger partial charge in [-0.2, -0.15) is 0 Å². The van der Waals surface area contributed by atoms with E-state index >= 15 is 0 Å². The molecule has 0 spiro atoms. The van der Waals surface area contributed by atoms with Gasteiger partial charge in [-0.05, 0) is 24.7 Å². The summed E-state index contributed by atoms with van der Waals surface area (Å²) in [5, 5.41) is 8.80. The van der Waals surface area contributed by atoms with Gasteiger partial charge in [-0.1, -0.05) is 51.9 Å². The van der Waals surface area contributed by atoms with E-state index in [4.69, 9.17) is 5.11 Å². The van der Waals surface area contributed by atoms with E-state index in [0.29, 0.717) is 12.3 Å². The minimum Gasteiger partial charge on any atom is -0.481 e. The third kappa shape index (κ3) is 5.53. The zero-order valence-electron chi connectivity index (χ0n) is 10.6. The Labute approximate surface area is 99.4 Å². The lowest BCUT2D eigenvalue weighted by Gasteiger charge is -2.28. The molecular weight excluding hydrogens is 200 g/mol. The molecule has 1 N–H and O–H groups in total. The number of carboxylic acids is 1. The van der Waals surface area contributed by atoms with Crippen LogP contribution in [-0.4, -0.2) is 11.1 Å². The summed E-state index contributed by atoms with van der Waals surface area (Å²) >= 11 is 0. The van der Waals surface area contributed by atoms with Crippen molar-refractivity contribution in [3.8, 4) is 0 Å². The molecule has 1 fully saturated rings. The van der Waals surface area contributed by atoms with Gasteiger partial charge >= 0.3 is 5.97 Å². The largest absolute Gasteiger partial charge is 0.481 e. The van der Waals surface area contributed by atoms with Crippen LogP contribution in [0, 0.1) is 11.8 Å². The quantitative estimate of drug-likeness (QED) is 0.659. The highest BCUT2D eigenvalue weighted by Crippen LogP contribution is 2.34. The molecule has 0 aliphatic heterocycles. The molecule has 94 valence electrons. The van der Waals surface area contributed by atoms with Crippen molar-refractivity contribution in [3.05, 3.63) is 0 Å². The molecule has 0 amide bonds. The number of hydrogen-bond donors (Lipinski definition) is 1. The van der Waals surface area contributed by atoms with Crippen molar-refractivity contribution in [3.63, 3.8) is 0 Å². The Kier molecular flexibility index (Phi) is 6.51. The molecule has 0 aromatic heterocycles. The average Bonchev–Trinajstić information content (AvgIpc) is 2.24. The minimum atomic E-state index is -0.614. The fourth-order valence-electron chi connectivity index (χ4n) is 2.96. The Morgan fingerprint density at radius 1 is 1.19 bits per heavy atom. The zero-order chi connectivity index (χ0) is 11.8. The first-order valence-electron chi connectivity index (χ1n) is 6.94. The van der Waals surface area contributed by atoms with Crippen molar-refractivity contribution >= 4 is 5.97 Å². The zero-order valence-corrected chi connectivity index (χ0v) is 10.6. The molecule has 0 bridgehead atoms. The molecule has 0 saturated heterocycles. The average molecular weight is 226 g/mol. The van der Waals surface area contributed by atoms with Gasteiger partial charge in [0.15, 0.2) is 0 Å². The molecule has 1 aliphatic carbocycles. The Morgan fingerprint density at radius 2 is 1.94 bits per heavy atom. The summed E-state index contributed by atoms with van der Waals surface area (Å²) in [6, 6.07) is 0. The van der Waals surface area contributed by atoms with Gasteiger partial charge in [-0.25, -0.2) is 0 Å². The fraction of sp³-hybridized carbons (Fsp3) is 0.929. The molecule has 16 heavy (non-hydrogen) atoms. The van der Waals surface area contributed by atoms with Gasteiger partial charge in [0.1, 0.15) is 0 Å². The summed E-state index contributed by atoms with van der Waals surface area (Å²) in [4.78, 5) is 10.7. The number of hydrogen-bond acceptors (Lipinski definition) is 1. The van der Waals surface area contributed by atoms with Crippen molar-refractivity contribution in [1.82, 2.24) is 0 Å². The van der Waals surface area contributed by atoms with E-state index in [1.165, 1.54) is 51.4 Å². The summed E-state index contributed by atoms with van der Waals surface area (Å²) in [5.41, 5.74) is 0. The molecule has 1 rings (SSSR count). The normalized spacial score (nSPS) is 25.6. The molecular formula is C14H26O2. The Hall–Kier alpha value is -0.530. The summed E-state index contributed by atoms with van der Waals surface area (Å²) in [6.45, 7) is 2.24. The molecule has 0 radical (unpaired) electrons. The smallest absolute Gasteiger partial charge is 0.303 e. The topological polar surface area (TPSA) is 37.3 Å². The molecule has 1 aliphatic rings. The van der Waals surface area contributed by atoms with Crippen LogP contribution in [0.3, 0.4) is 0 Å². The number of unbranched alkanes of at least 4 members (excludes halogenated alkanes) is 3. The molecule has 2 nitrogen and oxygen atoms in total. The first-order chi connectivity index (χ1) is 7.72. The molecule has 0 aromatic rings. The predicted molar refractivity (Wildman–Crippen MR) is 66.5 cm³/mol. The summed E-state index contributed by atoms with van der Waals surface area (Å²) in [7, 11) is 0. The van der Waals surface area contributed by atoms with Gasteiger partial charge in [0.25, 0.3) is 0 Å². The van der Waals surface area contributed by atoms with Crippen LogP contribution in [0.5, 0.6) is 0 Å². The van der Waals surface area contributed by atoms with Gasteiger partial charge in [0.2, 0.25) is 0 Å². The lowest BCUT2D eigenvalue weighted by Crippen LogP contribution is -2.18. The van der Waals surface area contributed by atoms with Crippen molar-refractivity contribution in [2.75, 3.05) is 0 Å². The number of carboxylic acid groups (broad SMARTS) is 1. The highest BCUT2D eigenvalue weighted by atomic mass is 16.4. The Bertz CT molecular complexity index is 201. The lowest BCUT2D eigenvalue weighted by atomic mass is 9.78. The van der Waals surface area contributed by atoms with E-state index in [0.717, 1.165) is 12.3 Å². The lowest BCUT2D eigenvalue weighted by molar-refractivity contribution is -0.138. The summed E-state index contributed by atoms with van der Waals surface area (Å²) < 4.78 is 0. The summed E-state index contributed by atoms with van der Waals surface area (Å²) in [6.07, 6.45) is 12.0. The van der Waals surface area contributed by atoms with Crippen LogP contribution in [0.25, 0.3) is 0 Å². The highest BCUT2D eigenvalue weighted by Gasteiger charge is 2.23. The van der Waals surface area contributed by atoms with E-state index in [-0.39, 0.29) is 0 Å². The second-order valence-electron chi connectivity index (χ2n) is 5.35. The van der Waals surface area contributed by atoms with Crippen LogP contribution < -0.4 is 0 Å². The van der Waals surface area contributed by atoms with Crippen LogP contribution in [0.1, 0.15) is 71.1 Å². The van der Waals surface area contributed by atoms with E-state index in [1.807, 2.05) is 0 Å². The second-order valence-corrected chi connectivity index (χ2v) is 5.35. The summed E-state index contributed by atoms with van der Waals surface area (Å²) in [5.74, 6) is 0.661. The van der Waals surface area contributed by atoms with Gasteiger partial charge in [0, 0.05) is 6.42 Å². The molecule has 2 atom stereocenters.